The van der Waals surface area contributed by atoms with Crippen molar-refractivity contribution in [2.75, 3.05) is 0 Å². The minimum absolute atomic E-state index is 0.0972. The number of nitriles is 1. The zero-order valence-corrected chi connectivity index (χ0v) is 7.15. The molecule has 13 heavy (non-hydrogen) atoms. The molecule has 1 aromatic rings. The van der Waals surface area contributed by atoms with E-state index in [0.29, 0.717) is 0 Å². The standard InChI is InChI=1S/C7H4ClN3O2/c8-7-2-1-6(11(12)13)5(10-7)3-4-9/h1-2H,3H2. The van der Waals surface area contributed by atoms with Crippen LogP contribution in [0.3, 0.4) is 0 Å². The summed E-state index contributed by atoms with van der Waals surface area (Å²) >= 11 is 5.51. The Hall–Kier alpha value is -1.67. The molecule has 0 amide bonds. The Bertz CT molecular complexity index is 386. The van der Waals surface area contributed by atoms with Crippen LogP contribution < -0.4 is 0 Å². The molecule has 0 bridgehead atoms. The van der Waals surface area contributed by atoms with Crippen molar-refractivity contribution >= 4 is 17.3 Å². The lowest BCUT2D eigenvalue weighted by molar-refractivity contribution is -0.385. The first kappa shape index (κ1) is 9.42. The lowest BCUT2D eigenvalue weighted by Crippen LogP contribution is -1.97. The second-order valence-electron chi connectivity index (χ2n) is 2.19. The van der Waals surface area contributed by atoms with E-state index in [1.165, 1.54) is 12.1 Å². The summed E-state index contributed by atoms with van der Waals surface area (Å²) in [6, 6.07) is 4.34. The normalized spacial score (nSPS) is 9.23. The molecule has 0 aliphatic rings. The van der Waals surface area contributed by atoms with E-state index >= 15 is 0 Å². The van der Waals surface area contributed by atoms with Gasteiger partial charge in [-0.3, -0.25) is 10.1 Å². The highest BCUT2D eigenvalue weighted by atomic mass is 35.5. The largest absolute Gasteiger partial charge is 0.291 e. The van der Waals surface area contributed by atoms with Crippen molar-refractivity contribution in [2.45, 2.75) is 6.42 Å². The van der Waals surface area contributed by atoms with Crippen LogP contribution in [0.1, 0.15) is 5.69 Å². The third-order valence-corrected chi connectivity index (χ3v) is 1.57. The SMILES string of the molecule is N#CCc1nc(Cl)ccc1[N+](=O)[O-]. The molecule has 1 aromatic heterocycles. The molecule has 5 nitrogen and oxygen atoms in total. The smallest absolute Gasteiger partial charge is 0.258 e. The number of hydrogen-bond acceptors (Lipinski definition) is 4. The van der Waals surface area contributed by atoms with Gasteiger partial charge in [-0.1, -0.05) is 11.6 Å². The summed E-state index contributed by atoms with van der Waals surface area (Å²) in [5.74, 6) is 0. The predicted molar refractivity (Wildman–Crippen MR) is 45.2 cm³/mol. The number of pyridine rings is 1. The quantitative estimate of drug-likeness (QED) is 0.411. The second-order valence-corrected chi connectivity index (χ2v) is 2.58. The van der Waals surface area contributed by atoms with Crippen LogP contribution in [-0.2, 0) is 6.42 Å². The number of aromatic nitrogens is 1. The highest BCUT2D eigenvalue weighted by molar-refractivity contribution is 6.29. The van der Waals surface area contributed by atoms with Gasteiger partial charge in [0.1, 0.15) is 10.8 Å². The van der Waals surface area contributed by atoms with E-state index in [0.717, 1.165) is 0 Å². The summed E-state index contributed by atoms with van der Waals surface area (Å²) in [4.78, 5) is 13.5. The first-order valence-electron chi connectivity index (χ1n) is 3.32. The second kappa shape index (κ2) is 3.83. The Morgan fingerprint density at radius 2 is 2.38 bits per heavy atom. The summed E-state index contributed by atoms with van der Waals surface area (Å²) in [5, 5.41) is 18.9. The van der Waals surface area contributed by atoms with Crippen LogP contribution in [0.25, 0.3) is 0 Å². The molecular weight excluding hydrogens is 194 g/mol. The van der Waals surface area contributed by atoms with Gasteiger partial charge >= 0.3 is 0 Å². The van der Waals surface area contributed by atoms with Crippen LogP contribution in [0.5, 0.6) is 0 Å². The Morgan fingerprint density at radius 1 is 1.69 bits per heavy atom. The summed E-state index contributed by atoms with van der Waals surface area (Å²) in [5.41, 5.74) is -0.0778. The molecule has 0 saturated carbocycles. The third-order valence-electron chi connectivity index (χ3n) is 1.36. The molecule has 0 fully saturated rings. The van der Waals surface area contributed by atoms with E-state index in [2.05, 4.69) is 4.98 Å². The fourth-order valence-electron chi connectivity index (χ4n) is 0.839. The van der Waals surface area contributed by atoms with Crippen molar-refractivity contribution in [3.8, 4) is 6.07 Å². The van der Waals surface area contributed by atoms with E-state index in [1.807, 2.05) is 0 Å². The Labute approximate surface area is 78.7 Å². The minimum Gasteiger partial charge on any atom is -0.258 e. The molecule has 1 heterocycles. The highest BCUT2D eigenvalue weighted by Crippen LogP contribution is 2.18. The third kappa shape index (κ3) is 2.13. The molecule has 0 aliphatic carbocycles. The van der Waals surface area contributed by atoms with Gasteiger partial charge < -0.3 is 0 Å². The van der Waals surface area contributed by atoms with E-state index in [4.69, 9.17) is 16.9 Å². The number of nitrogens with zero attached hydrogens (tertiary/aromatic N) is 3. The van der Waals surface area contributed by atoms with Crippen molar-refractivity contribution in [3.63, 3.8) is 0 Å². The molecule has 0 aromatic carbocycles. The van der Waals surface area contributed by atoms with Crippen LogP contribution in [0.2, 0.25) is 5.15 Å². The maximum atomic E-state index is 10.4. The van der Waals surface area contributed by atoms with Gasteiger partial charge in [-0.2, -0.15) is 5.26 Å². The molecule has 6 heteroatoms. The summed E-state index contributed by atoms with van der Waals surface area (Å²) in [6.07, 6.45) is -0.114. The molecule has 0 aliphatic heterocycles. The van der Waals surface area contributed by atoms with Crippen LogP contribution in [0, 0.1) is 21.4 Å². The summed E-state index contributed by atoms with van der Waals surface area (Å²) in [7, 11) is 0. The van der Waals surface area contributed by atoms with Gasteiger partial charge in [-0.15, -0.1) is 0 Å². The Morgan fingerprint density at radius 3 is 2.92 bits per heavy atom. The Kier molecular flexibility index (Phi) is 2.77. The van der Waals surface area contributed by atoms with Crippen molar-refractivity contribution in [1.82, 2.24) is 4.98 Å². The minimum atomic E-state index is -0.587. The first-order chi connectivity index (χ1) is 6.15. The molecule has 1 rings (SSSR count). The molecule has 0 spiro atoms. The fourth-order valence-corrected chi connectivity index (χ4v) is 1.00. The number of rotatable bonds is 2. The van der Waals surface area contributed by atoms with Gasteiger partial charge in [-0.25, -0.2) is 4.98 Å². The zero-order chi connectivity index (χ0) is 9.84. The van der Waals surface area contributed by atoms with Crippen molar-refractivity contribution in [1.29, 1.82) is 5.26 Å². The maximum Gasteiger partial charge on any atom is 0.291 e. The number of halogens is 1. The molecule has 0 saturated heterocycles. The lowest BCUT2D eigenvalue weighted by Gasteiger charge is -1.96. The summed E-state index contributed by atoms with van der Waals surface area (Å²) in [6.45, 7) is 0. The number of hydrogen-bond donors (Lipinski definition) is 0. The first-order valence-corrected chi connectivity index (χ1v) is 3.69. The lowest BCUT2D eigenvalue weighted by atomic mass is 10.2. The van der Waals surface area contributed by atoms with Crippen molar-refractivity contribution < 1.29 is 4.92 Å². The van der Waals surface area contributed by atoms with Crippen molar-refractivity contribution in [2.24, 2.45) is 0 Å². The van der Waals surface area contributed by atoms with Gasteiger partial charge in [0.15, 0.2) is 0 Å². The molecule has 66 valence electrons. The van der Waals surface area contributed by atoms with E-state index in [9.17, 15) is 10.1 Å². The molecule has 0 atom stereocenters. The van der Waals surface area contributed by atoms with Gasteiger partial charge in [0, 0.05) is 6.07 Å². The van der Waals surface area contributed by atoms with Crippen LogP contribution >= 0.6 is 11.6 Å². The summed E-state index contributed by atoms with van der Waals surface area (Å²) < 4.78 is 0. The molecule has 0 N–H and O–H groups in total. The van der Waals surface area contributed by atoms with E-state index in [1.54, 1.807) is 6.07 Å². The average Bonchev–Trinajstić information content (AvgIpc) is 2.04. The van der Waals surface area contributed by atoms with Gasteiger partial charge in [0.2, 0.25) is 0 Å². The van der Waals surface area contributed by atoms with Gasteiger partial charge in [0.25, 0.3) is 5.69 Å². The van der Waals surface area contributed by atoms with Crippen LogP contribution in [-0.4, -0.2) is 9.91 Å². The van der Waals surface area contributed by atoms with E-state index in [-0.39, 0.29) is 23.0 Å². The van der Waals surface area contributed by atoms with Crippen LogP contribution in [0.4, 0.5) is 5.69 Å². The monoisotopic (exact) mass is 197 g/mol. The number of nitro groups is 1. The van der Waals surface area contributed by atoms with Gasteiger partial charge in [-0.05, 0) is 6.07 Å². The van der Waals surface area contributed by atoms with Crippen LogP contribution in [0.15, 0.2) is 12.1 Å². The predicted octanol–water partition coefficient (Wildman–Crippen LogP) is 1.71. The zero-order valence-electron chi connectivity index (χ0n) is 6.40. The van der Waals surface area contributed by atoms with E-state index < -0.39 is 4.92 Å². The molecule has 0 radical (unpaired) electrons. The topological polar surface area (TPSA) is 79.8 Å². The molecular formula is C7H4ClN3O2. The highest BCUT2D eigenvalue weighted by Gasteiger charge is 2.14. The average molecular weight is 198 g/mol. The molecule has 0 unspecified atom stereocenters. The van der Waals surface area contributed by atoms with Crippen molar-refractivity contribution in [3.05, 3.63) is 33.1 Å². The van der Waals surface area contributed by atoms with Gasteiger partial charge in [0.05, 0.1) is 17.4 Å². The maximum absolute atomic E-state index is 10.4. The Balaban J connectivity index is 3.20. The fraction of sp³-hybridized carbons (Fsp3) is 0.143.